The van der Waals surface area contributed by atoms with Crippen molar-refractivity contribution in [3.8, 4) is 11.5 Å². The van der Waals surface area contributed by atoms with E-state index in [0.29, 0.717) is 21.5 Å². The molecule has 0 aromatic heterocycles. The first kappa shape index (κ1) is 13.1. The number of hydrogen-bond acceptors (Lipinski definition) is 2. The van der Waals surface area contributed by atoms with E-state index in [1.165, 1.54) is 18.2 Å². The van der Waals surface area contributed by atoms with Crippen LogP contribution >= 0.6 is 27.5 Å². The normalized spacial score (nSPS) is 10.2. The molecule has 2 nitrogen and oxygen atoms in total. The van der Waals surface area contributed by atoms with Crippen LogP contribution in [0.1, 0.15) is 10.4 Å². The molecule has 92 valence electrons. The largest absolute Gasteiger partial charge is 0.457 e. The van der Waals surface area contributed by atoms with Crippen LogP contribution in [-0.2, 0) is 0 Å². The minimum Gasteiger partial charge on any atom is -0.457 e. The molecule has 2 rings (SSSR count). The monoisotopic (exact) mass is 328 g/mol. The molecule has 0 fully saturated rings. The molecule has 0 amide bonds. The third kappa shape index (κ3) is 2.89. The maximum absolute atomic E-state index is 13.0. The van der Waals surface area contributed by atoms with E-state index in [9.17, 15) is 9.18 Å². The van der Waals surface area contributed by atoms with E-state index >= 15 is 0 Å². The van der Waals surface area contributed by atoms with Gasteiger partial charge < -0.3 is 4.74 Å². The highest BCUT2D eigenvalue weighted by molar-refractivity contribution is 9.10. The van der Waals surface area contributed by atoms with Crippen LogP contribution in [0.4, 0.5) is 4.39 Å². The predicted molar refractivity (Wildman–Crippen MR) is 71.0 cm³/mol. The average Bonchev–Trinajstić information content (AvgIpc) is 2.34. The van der Waals surface area contributed by atoms with Crippen LogP contribution in [0.15, 0.2) is 40.9 Å². The Morgan fingerprint density at radius 3 is 2.44 bits per heavy atom. The summed E-state index contributed by atoms with van der Waals surface area (Å²) in [6.45, 7) is 0. The number of hydrogen-bond donors (Lipinski definition) is 0. The van der Waals surface area contributed by atoms with Crippen molar-refractivity contribution in [3.05, 3.63) is 57.3 Å². The molecular weight excluding hydrogens is 322 g/mol. The van der Waals surface area contributed by atoms with E-state index in [1.807, 2.05) is 0 Å². The van der Waals surface area contributed by atoms with E-state index in [1.54, 1.807) is 18.2 Å². The molecule has 0 atom stereocenters. The molecule has 0 unspecified atom stereocenters. The molecule has 0 bridgehead atoms. The van der Waals surface area contributed by atoms with Gasteiger partial charge in [0.25, 0.3) is 0 Å². The molecule has 0 heterocycles. The smallest absolute Gasteiger partial charge is 0.151 e. The Balaban J connectivity index is 2.25. The molecule has 0 aliphatic carbocycles. The van der Waals surface area contributed by atoms with Crippen molar-refractivity contribution in [1.29, 1.82) is 0 Å². The van der Waals surface area contributed by atoms with Gasteiger partial charge in [0, 0.05) is 16.1 Å². The maximum Gasteiger partial charge on any atom is 0.151 e. The Hall–Kier alpha value is -1.39. The van der Waals surface area contributed by atoms with Gasteiger partial charge in [0.15, 0.2) is 6.29 Å². The number of benzene rings is 2. The van der Waals surface area contributed by atoms with E-state index in [0.717, 1.165) is 6.29 Å². The molecule has 0 spiro atoms. The van der Waals surface area contributed by atoms with Gasteiger partial charge in [-0.1, -0.05) is 11.6 Å². The van der Waals surface area contributed by atoms with Crippen LogP contribution in [0.5, 0.6) is 11.5 Å². The Morgan fingerprint density at radius 2 is 1.83 bits per heavy atom. The highest BCUT2D eigenvalue weighted by atomic mass is 79.9. The van der Waals surface area contributed by atoms with Crippen LogP contribution in [0, 0.1) is 5.82 Å². The Morgan fingerprint density at radius 1 is 1.17 bits per heavy atom. The van der Waals surface area contributed by atoms with Crippen molar-refractivity contribution in [2.24, 2.45) is 0 Å². The van der Waals surface area contributed by atoms with Crippen molar-refractivity contribution in [1.82, 2.24) is 0 Å². The molecule has 2 aromatic rings. The quantitative estimate of drug-likeness (QED) is 0.753. The number of carbonyl (C=O) groups is 1. The number of aldehydes is 1. The van der Waals surface area contributed by atoms with Crippen molar-refractivity contribution in [2.45, 2.75) is 0 Å². The van der Waals surface area contributed by atoms with Crippen LogP contribution in [0.25, 0.3) is 0 Å². The molecule has 18 heavy (non-hydrogen) atoms. The van der Waals surface area contributed by atoms with E-state index in [-0.39, 0.29) is 5.02 Å². The van der Waals surface area contributed by atoms with Crippen molar-refractivity contribution < 1.29 is 13.9 Å². The van der Waals surface area contributed by atoms with Crippen LogP contribution in [0.3, 0.4) is 0 Å². The summed E-state index contributed by atoms with van der Waals surface area (Å²) in [4.78, 5) is 10.6. The molecule has 0 N–H and O–H groups in total. The molecule has 0 radical (unpaired) electrons. The fourth-order valence-electron chi connectivity index (χ4n) is 1.34. The van der Waals surface area contributed by atoms with Crippen molar-refractivity contribution >= 4 is 33.8 Å². The third-order valence-electron chi connectivity index (χ3n) is 2.23. The number of ether oxygens (including phenoxy) is 1. The topological polar surface area (TPSA) is 26.3 Å². The van der Waals surface area contributed by atoms with Gasteiger partial charge in [0.2, 0.25) is 0 Å². The summed E-state index contributed by atoms with van der Waals surface area (Å²) in [6, 6.07) is 9.01. The number of carbonyl (C=O) groups excluding carboxylic acids is 1. The van der Waals surface area contributed by atoms with Gasteiger partial charge in [0.05, 0.1) is 5.02 Å². The first-order valence-electron chi connectivity index (χ1n) is 4.98. The lowest BCUT2D eigenvalue weighted by Gasteiger charge is -2.07. The second-order valence-electron chi connectivity index (χ2n) is 3.48. The fraction of sp³-hybridized carbons (Fsp3) is 0. The van der Waals surface area contributed by atoms with Crippen molar-refractivity contribution in [2.75, 3.05) is 0 Å². The van der Waals surface area contributed by atoms with Crippen LogP contribution in [-0.4, -0.2) is 6.29 Å². The summed E-state index contributed by atoms with van der Waals surface area (Å²) in [5, 5.41) is -0.00363. The lowest BCUT2D eigenvalue weighted by molar-refractivity contribution is 0.112. The zero-order chi connectivity index (χ0) is 13.1. The number of halogens is 3. The summed E-state index contributed by atoms with van der Waals surface area (Å²) in [5.74, 6) is 0.448. The lowest BCUT2D eigenvalue weighted by Crippen LogP contribution is -1.88. The Kier molecular flexibility index (Phi) is 3.99. The summed E-state index contributed by atoms with van der Waals surface area (Å²) in [6.07, 6.45) is 0.739. The van der Waals surface area contributed by atoms with Gasteiger partial charge >= 0.3 is 0 Å². The average molecular weight is 330 g/mol. The van der Waals surface area contributed by atoms with Gasteiger partial charge in [-0.15, -0.1) is 0 Å². The van der Waals surface area contributed by atoms with Crippen LogP contribution < -0.4 is 4.74 Å². The second-order valence-corrected chi connectivity index (χ2v) is 4.74. The highest BCUT2D eigenvalue weighted by Gasteiger charge is 2.05. The van der Waals surface area contributed by atoms with E-state index < -0.39 is 5.82 Å². The second kappa shape index (κ2) is 5.50. The molecule has 0 saturated carbocycles. The van der Waals surface area contributed by atoms with Gasteiger partial charge in [-0.25, -0.2) is 4.39 Å². The first-order valence-corrected chi connectivity index (χ1v) is 6.15. The molecule has 0 aliphatic rings. The standard InChI is InChI=1S/C13H7BrClFO2/c14-11-5-9(2-1-8(11)7-17)18-10-3-4-13(16)12(15)6-10/h1-7H. The lowest BCUT2D eigenvalue weighted by atomic mass is 10.2. The van der Waals surface area contributed by atoms with Gasteiger partial charge in [0.1, 0.15) is 17.3 Å². The molecule has 0 saturated heterocycles. The minimum atomic E-state index is -0.499. The van der Waals surface area contributed by atoms with Crippen molar-refractivity contribution in [3.63, 3.8) is 0 Å². The van der Waals surface area contributed by atoms with Gasteiger partial charge in [-0.05, 0) is 46.3 Å². The van der Waals surface area contributed by atoms with E-state index in [2.05, 4.69) is 15.9 Å². The highest BCUT2D eigenvalue weighted by Crippen LogP contribution is 2.28. The SMILES string of the molecule is O=Cc1ccc(Oc2ccc(F)c(Cl)c2)cc1Br. The third-order valence-corrected chi connectivity index (χ3v) is 3.20. The Bertz CT molecular complexity index is 602. The van der Waals surface area contributed by atoms with Crippen LogP contribution in [0.2, 0.25) is 5.02 Å². The minimum absolute atomic E-state index is 0.00363. The zero-order valence-electron chi connectivity index (χ0n) is 8.99. The molecule has 2 aromatic carbocycles. The summed E-state index contributed by atoms with van der Waals surface area (Å²) in [7, 11) is 0. The fourth-order valence-corrected chi connectivity index (χ4v) is 1.97. The number of rotatable bonds is 3. The Labute approximate surface area is 116 Å². The summed E-state index contributed by atoms with van der Waals surface area (Å²) in [5.41, 5.74) is 0.527. The summed E-state index contributed by atoms with van der Waals surface area (Å²) < 4.78 is 19.1. The first-order chi connectivity index (χ1) is 8.60. The van der Waals surface area contributed by atoms with Gasteiger partial charge in [-0.3, -0.25) is 4.79 Å². The van der Waals surface area contributed by atoms with Gasteiger partial charge in [-0.2, -0.15) is 0 Å². The summed E-state index contributed by atoms with van der Waals surface area (Å²) >= 11 is 8.90. The maximum atomic E-state index is 13.0. The molecule has 5 heteroatoms. The zero-order valence-corrected chi connectivity index (χ0v) is 11.3. The van der Waals surface area contributed by atoms with E-state index in [4.69, 9.17) is 16.3 Å². The molecule has 0 aliphatic heterocycles. The predicted octanol–water partition coefficient (Wildman–Crippen LogP) is 4.85. The molecular formula is C13H7BrClFO2.